The molecule has 138 valence electrons. The number of hydrogen-bond acceptors (Lipinski definition) is 4. The Morgan fingerprint density at radius 3 is 2.24 bits per heavy atom. The molecule has 1 aromatic rings. The van der Waals surface area contributed by atoms with Crippen molar-refractivity contribution < 1.29 is 9.53 Å². The molecule has 2 aliphatic rings. The van der Waals surface area contributed by atoms with E-state index in [0.29, 0.717) is 5.91 Å². The van der Waals surface area contributed by atoms with Gasteiger partial charge in [-0.15, -0.1) is 0 Å². The van der Waals surface area contributed by atoms with Gasteiger partial charge in [0.25, 0.3) is 0 Å². The maximum Gasteiger partial charge on any atom is 0.239 e. The topological polar surface area (TPSA) is 36.0 Å². The van der Waals surface area contributed by atoms with Gasteiger partial charge in [0.15, 0.2) is 0 Å². The van der Waals surface area contributed by atoms with Crippen molar-refractivity contribution in [3.8, 4) is 5.75 Å². The predicted octanol–water partition coefficient (Wildman–Crippen LogP) is 2.61. The molecule has 0 radical (unpaired) electrons. The van der Waals surface area contributed by atoms with E-state index in [-0.39, 0.29) is 6.04 Å². The molecule has 0 N–H and O–H groups in total. The van der Waals surface area contributed by atoms with Crippen molar-refractivity contribution in [2.45, 2.75) is 38.6 Å². The molecule has 2 aliphatic heterocycles. The summed E-state index contributed by atoms with van der Waals surface area (Å²) in [7, 11) is 1.72. The van der Waals surface area contributed by atoms with Crippen molar-refractivity contribution in [1.82, 2.24) is 9.80 Å². The normalized spacial score (nSPS) is 20.9. The SMILES string of the molecule is COc1ccccc1N1CCN(C(C)C(=O)N2CCCCCC2)CC1. The average molecular weight is 345 g/mol. The fraction of sp³-hybridized carbons (Fsp3) is 0.650. The zero-order valence-corrected chi connectivity index (χ0v) is 15.6. The van der Waals surface area contributed by atoms with Gasteiger partial charge in [-0.25, -0.2) is 0 Å². The minimum atomic E-state index is -0.0158. The third-order valence-corrected chi connectivity index (χ3v) is 5.56. The highest BCUT2D eigenvalue weighted by Gasteiger charge is 2.29. The lowest BCUT2D eigenvalue weighted by molar-refractivity contribution is -0.136. The van der Waals surface area contributed by atoms with Crippen LogP contribution in [0.2, 0.25) is 0 Å². The Balaban J connectivity index is 1.57. The van der Waals surface area contributed by atoms with Gasteiger partial charge in [0.1, 0.15) is 5.75 Å². The number of para-hydroxylation sites is 2. The largest absolute Gasteiger partial charge is 0.495 e. The Labute approximate surface area is 151 Å². The number of rotatable bonds is 4. The first-order valence-corrected chi connectivity index (χ1v) is 9.61. The molecule has 3 rings (SSSR count). The van der Waals surface area contributed by atoms with Gasteiger partial charge >= 0.3 is 0 Å². The van der Waals surface area contributed by atoms with Crippen LogP contribution >= 0.6 is 0 Å². The Bertz CT molecular complexity index is 562. The van der Waals surface area contributed by atoms with E-state index in [1.807, 2.05) is 12.1 Å². The van der Waals surface area contributed by atoms with Gasteiger partial charge in [-0.3, -0.25) is 9.69 Å². The molecule has 0 aromatic heterocycles. The smallest absolute Gasteiger partial charge is 0.239 e. The zero-order valence-electron chi connectivity index (χ0n) is 15.6. The van der Waals surface area contributed by atoms with Crippen LogP contribution in [0.5, 0.6) is 5.75 Å². The van der Waals surface area contributed by atoms with Gasteiger partial charge in [-0.05, 0) is 31.9 Å². The van der Waals surface area contributed by atoms with Crippen molar-refractivity contribution in [3.05, 3.63) is 24.3 Å². The Morgan fingerprint density at radius 1 is 0.960 bits per heavy atom. The summed E-state index contributed by atoms with van der Waals surface area (Å²) >= 11 is 0. The van der Waals surface area contributed by atoms with Crippen molar-refractivity contribution in [1.29, 1.82) is 0 Å². The van der Waals surface area contributed by atoms with Crippen molar-refractivity contribution in [2.75, 3.05) is 51.3 Å². The number of anilines is 1. The zero-order chi connectivity index (χ0) is 17.6. The van der Waals surface area contributed by atoms with Gasteiger partial charge in [0.05, 0.1) is 18.8 Å². The molecule has 25 heavy (non-hydrogen) atoms. The Hall–Kier alpha value is -1.75. The van der Waals surface area contributed by atoms with Crippen molar-refractivity contribution in [2.24, 2.45) is 0 Å². The number of methoxy groups -OCH3 is 1. The number of benzene rings is 1. The second-order valence-electron chi connectivity index (χ2n) is 7.11. The number of likely N-dealkylation sites (tertiary alicyclic amines) is 1. The number of carbonyl (C=O) groups is 1. The molecule has 5 nitrogen and oxygen atoms in total. The standard InChI is InChI=1S/C20H31N3O2/c1-17(20(24)23-11-7-3-4-8-12-23)21-13-15-22(16-14-21)18-9-5-6-10-19(18)25-2/h5-6,9-10,17H,3-4,7-8,11-16H2,1-2H3. The molecular weight excluding hydrogens is 314 g/mol. The third kappa shape index (κ3) is 4.27. The highest BCUT2D eigenvalue weighted by Crippen LogP contribution is 2.28. The number of carbonyl (C=O) groups excluding carboxylic acids is 1. The third-order valence-electron chi connectivity index (χ3n) is 5.56. The molecule has 2 fully saturated rings. The number of nitrogens with zero attached hydrogens (tertiary/aromatic N) is 3. The molecule has 0 spiro atoms. The molecule has 2 heterocycles. The van der Waals surface area contributed by atoms with Gasteiger partial charge in [-0.1, -0.05) is 25.0 Å². The Kier molecular flexibility index (Phi) is 6.19. The molecule has 1 atom stereocenters. The van der Waals surface area contributed by atoms with Gasteiger partial charge < -0.3 is 14.5 Å². The van der Waals surface area contributed by atoms with Gasteiger partial charge in [-0.2, -0.15) is 0 Å². The summed E-state index contributed by atoms with van der Waals surface area (Å²) in [4.78, 5) is 19.6. The summed E-state index contributed by atoms with van der Waals surface area (Å²) in [6.45, 7) is 7.63. The molecule has 1 aromatic carbocycles. The van der Waals surface area contributed by atoms with Crippen LogP contribution in [0.4, 0.5) is 5.69 Å². The molecule has 1 amide bonds. The fourth-order valence-electron chi connectivity index (χ4n) is 3.95. The van der Waals surface area contributed by atoms with Gasteiger partial charge in [0.2, 0.25) is 5.91 Å². The predicted molar refractivity (Wildman–Crippen MR) is 101 cm³/mol. The van der Waals surface area contributed by atoms with E-state index >= 15 is 0 Å². The minimum Gasteiger partial charge on any atom is -0.495 e. The first kappa shape index (κ1) is 18.1. The molecule has 0 aliphatic carbocycles. The second kappa shape index (κ2) is 8.56. The van der Waals surface area contributed by atoms with E-state index in [2.05, 4.69) is 33.8 Å². The van der Waals surface area contributed by atoms with Crippen LogP contribution in [-0.2, 0) is 4.79 Å². The number of amides is 1. The summed E-state index contributed by atoms with van der Waals surface area (Å²) in [5, 5.41) is 0. The lowest BCUT2D eigenvalue weighted by atomic mass is 10.1. The molecule has 5 heteroatoms. The van der Waals surface area contributed by atoms with Gasteiger partial charge in [0, 0.05) is 39.3 Å². The van der Waals surface area contributed by atoms with Crippen LogP contribution in [0.1, 0.15) is 32.6 Å². The molecule has 0 bridgehead atoms. The summed E-state index contributed by atoms with van der Waals surface area (Å²) in [5.74, 6) is 1.23. The fourth-order valence-corrected chi connectivity index (χ4v) is 3.95. The van der Waals surface area contributed by atoms with E-state index in [1.165, 1.54) is 12.8 Å². The lowest BCUT2D eigenvalue weighted by Crippen LogP contribution is -2.54. The van der Waals surface area contributed by atoms with Crippen LogP contribution in [0, 0.1) is 0 Å². The highest BCUT2D eigenvalue weighted by atomic mass is 16.5. The van der Waals surface area contributed by atoms with Crippen LogP contribution in [0.3, 0.4) is 0 Å². The molecule has 2 saturated heterocycles. The lowest BCUT2D eigenvalue weighted by Gasteiger charge is -2.40. The van der Waals surface area contributed by atoms with Crippen LogP contribution in [0.25, 0.3) is 0 Å². The molecule has 1 unspecified atom stereocenters. The van der Waals surface area contributed by atoms with E-state index in [0.717, 1.165) is 63.5 Å². The van der Waals surface area contributed by atoms with Crippen LogP contribution < -0.4 is 9.64 Å². The van der Waals surface area contributed by atoms with Crippen LogP contribution in [-0.4, -0.2) is 68.1 Å². The first-order valence-electron chi connectivity index (χ1n) is 9.61. The van der Waals surface area contributed by atoms with E-state index in [9.17, 15) is 4.79 Å². The number of ether oxygens (including phenoxy) is 1. The van der Waals surface area contributed by atoms with Crippen LogP contribution in [0.15, 0.2) is 24.3 Å². The first-order chi connectivity index (χ1) is 12.2. The van der Waals surface area contributed by atoms with E-state index in [1.54, 1.807) is 7.11 Å². The molecule has 0 saturated carbocycles. The summed E-state index contributed by atoms with van der Waals surface area (Å²) in [6.07, 6.45) is 4.82. The minimum absolute atomic E-state index is 0.0158. The second-order valence-corrected chi connectivity index (χ2v) is 7.11. The van der Waals surface area contributed by atoms with E-state index in [4.69, 9.17) is 4.74 Å². The van der Waals surface area contributed by atoms with E-state index < -0.39 is 0 Å². The monoisotopic (exact) mass is 345 g/mol. The maximum atomic E-state index is 12.9. The quantitative estimate of drug-likeness (QED) is 0.840. The van der Waals surface area contributed by atoms with Crippen molar-refractivity contribution >= 4 is 11.6 Å². The number of hydrogen-bond donors (Lipinski definition) is 0. The Morgan fingerprint density at radius 2 is 1.60 bits per heavy atom. The summed E-state index contributed by atoms with van der Waals surface area (Å²) < 4.78 is 5.49. The summed E-state index contributed by atoms with van der Waals surface area (Å²) in [5.41, 5.74) is 1.15. The summed E-state index contributed by atoms with van der Waals surface area (Å²) in [6, 6.07) is 8.15. The molecular formula is C20H31N3O2. The maximum absolute atomic E-state index is 12.9. The highest BCUT2D eigenvalue weighted by molar-refractivity contribution is 5.81. The van der Waals surface area contributed by atoms with Crippen molar-refractivity contribution in [3.63, 3.8) is 0 Å². The number of piperazine rings is 1. The average Bonchev–Trinajstić information content (AvgIpc) is 2.96.